The molecule has 2 aromatic heterocycles. The number of halogens is 2. The maximum atomic E-state index is 5.27. The number of benzene rings is 2. The molecule has 0 saturated heterocycles. The first-order valence-corrected chi connectivity index (χ1v) is 9.30. The molecule has 2 heterocycles. The molecule has 0 aliphatic heterocycles. The van der Waals surface area contributed by atoms with E-state index in [2.05, 4.69) is 26.1 Å². The van der Waals surface area contributed by atoms with Gasteiger partial charge in [-0.25, -0.2) is 3.96 Å². The van der Waals surface area contributed by atoms with Gasteiger partial charge in [0.25, 0.3) is 0 Å². The second-order valence-corrected chi connectivity index (χ2v) is 6.76. The normalized spacial score (nSPS) is 10.7. The van der Waals surface area contributed by atoms with E-state index in [9.17, 15) is 0 Å². The average molecular weight is 536 g/mol. The lowest BCUT2D eigenvalue weighted by atomic mass is 10.2. The molecule has 0 bridgehead atoms. The predicted molar refractivity (Wildman–Crippen MR) is 128 cm³/mol. The van der Waals surface area contributed by atoms with Crippen LogP contribution in [0.2, 0.25) is 0 Å². The minimum Gasteiger partial charge on any atom is -0.497 e. The maximum Gasteiger partial charge on any atom is 0.223 e. The SMILES string of the molecule is Br.Br.COc1ccc(-n2s/c(=N\Cc3cccnc3)nc2-c2ccccc2)cc1. The van der Waals surface area contributed by atoms with Gasteiger partial charge in [0.15, 0.2) is 5.82 Å². The fourth-order valence-electron chi connectivity index (χ4n) is 2.66. The standard InChI is InChI=1S/C21H18N4OS.2BrH/c1-26-19-11-9-18(10-12-19)25-20(17-7-3-2-4-8-17)24-21(27-25)23-15-16-6-5-13-22-14-16;;/h2-14H,15H2,1H3;2*1H/b23-21-;;. The van der Waals surface area contributed by atoms with Crippen LogP contribution in [0, 0.1) is 0 Å². The molecular weight excluding hydrogens is 516 g/mol. The molecule has 8 heteroatoms. The number of nitrogens with zero attached hydrogens (tertiary/aromatic N) is 4. The molecule has 0 fully saturated rings. The fraction of sp³-hybridized carbons (Fsp3) is 0.0952. The summed E-state index contributed by atoms with van der Waals surface area (Å²) in [5.41, 5.74) is 3.13. The van der Waals surface area contributed by atoms with Gasteiger partial charge in [-0.2, -0.15) is 4.98 Å². The second kappa shape index (κ2) is 11.0. The number of ether oxygens (including phenoxy) is 1. The van der Waals surface area contributed by atoms with Gasteiger partial charge in [0.1, 0.15) is 5.75 Å². The van der Waals surface area contributed by atoms with Crippen LogP contribution in [0.4, 0.5) is 0 Å². The van der Waals surface area contributed by atoms with Crippen molar-refractivity contribution >= 4 is 45.5 Å². The monoisotopic (exact) mass is 534 g/mol. The summed E-state index contributed by atoms with van der Waals surface area (Å²) in [6, 6.07) is 22.0. The van der Waals surface area contributed by atoms with Gasteiger partial charge >= 0.3 is 0 Å². The third kappa shape index (κ3) is 5.62. The molecule has 4 rings (SSSR count). The zero-order valence-corrected chi connectivity index (χ0v) is 19.9. The summed E-state index contributed by atoms with van der Waals surface area (Å²) in [5, 5.41) is 0. The van der Waals surface area contributed by atoms with Crippen LogP contribution >= 0.6 is 45.5 Å². The first-order chi connectivity index (χ1) is 13.3. The van der Waals surface area contributed by atoms with Crippen LogP contribution in [0.25, 0.3) is 17.1 Å². The van der Waals surface area contributed by atoms with E-state index in [1.807, 2.05) is 60.8 Å². The topological polar surface area (TPSA) is 52.3 Å². The molecule has 0 atom stereocenters. The molecular formula is C21H20Br2N4OS. The summed E-state index contributed by atoms with van der Waals surface area (Å²) in [5.74, 6) is 1.70. The molecule has 150 valence electrons. The molecule has 2 aromatic carbocycles. The third-order valence-electron chi connectivity index (χ3n) is 4.03. The molecule has 0 amide bonds. The van der Waals surface area contributed by atoms with Gasteiger partial charge in [-0.05, 0) is 47.4 Å². The number of hydrogen-bond donors (Lipinski definition) is 0. The van der Waals surface area contributed by atoms with Crippen LogP contribution in [0.3, 0.4) is 0 Å². The second-order valence-electron chi connectivity index (χ2n) is 5.85. The lowest BCUT2D eigenvalue weighted by Crippen LogP contribution is -1.99. The summed E-state index contributed by atoms with van der Waals surface area (Å²) in [6.07, 6.45) is 3.59. The Hall–Kier alpha value is -2.29. The molecule has 0 unspecified atom stereocenters. The van der Waals surface area contributed by atoms with Gasteiger partial charge in [0, 0.05) is 18.0 Å². The molecule has 0 N–H and O–H groups in total. The Labute approximate surface area is 194 Å². The highest BCUT2D eigenvalue weighted by Gasteiger charge is 2.11. The average Bonchev–Trinajstić information content (AvgIpc) is 3.18. The molecule has 0 saturated carbocycles. The highest BCUT2D eigenvalue weighted by atomic mass is 79.9. The number of hydrogen-bond acceptors (Lipinski definition) is 5. The largest absolute Gasteiger partial charge is 0.497 e. The Morgan fingerprint density at radius 2 is 1.72 bits per heavy atom. The van der Waals surface area contributed by atoms with Crippen molar-refractivity contribution in [3.63, 3.8) is 0 Å². The summed E-state index contributed by atoms with van der Waals surface area (Å²) < 4.78 is 7.36. The first kappa shape index (κ1) is 23.0. The van der Waals surface area contributed by atoms with Gasteiger partial charge in [0.2, 0.25) is 4.80 Å². The highest BCUT2D eigenvalue weighted by Crippen LogP contribution is 2.23. The zero-order chi connectivity index (χ0) is 18.5. The van der Waals surface area contributed by atoms with Crippen LogP contribution < -0.4 is 9.54 Å². The Morgan fingerprint density at radius 3 is 2.38 bits per heavy atom. The van der Waals surface area contributed by atoms with Crippen LogP contribution in [0.15, 0.2) is 84.1 Å². The van der Waals surface area contributed by atoms with Gasteiger partial charge in [-0.3, -0.25) is 9.98 Å². The lowest BCUT2D eigenvalue weighted by molar-refractivity contribution is 0.415. The predicted octanol–water partition coefficient (Wildman–Crippen LogP) is 5.26. The molecule has 29 heavy (non-hydrogen) atoms. The number of rotatable bonds is 5. The Morgan fingerprint density at radius 1 is 0.966 bits per heavy atom. The van der Waals surface area contributed by atoms with Crippen molar-refractivity contribution in [3.8, 4) is 22.8 Å². The third-order valence-corrected chi connectivity index (χ3v) is 4.98. The molecule has 0 spiro atoms. The van der Waals surface area contributed by atoms with E-state index in [0.717, 1.165) is 33.2 Å². The molecule has 0 radical (unpaired) electrons. The van der Waals surface area contributed by atoms with Crippen molar-refractivity contribution in [3.05, 3.63) is 89.5 Å². The van der Waals surface area contributed by atoms with Crippen LogP contribution in [0.5, 0.6) is 5.75 Å². The van der Waals surface area contributed by atoms with Crippen molar-refractivity contribution in [1.29, 1.82) is 0 Å². The van der Waals surface area contributed by atoms with Crippen molar-refractivity contribution in [2.24, 2.45) is 4.99 Å². The van der Waals surface area contributed by atoms with Gasteiger partial charge in [0.05, 0.1) is 19.3 Å². The highest BCUT2D eigenvalue weighted by molar-refractivity contribution is 8.93. The zero-order valence-electron chi connectivity index (χ0n) is 15.6. The minimum atomic E-state index is 0. The summed E-state index contributed by atoms with van der Waals surface area (Å²) in [4.78, 5) is 14.3. The van der Waals surface area contributed by atoms with Crippen molar-refractivity contribution < 1.29 is 4.74 Å². The number of pyridine rings is 1. The van der Waals surface area contributed by atoms with Crippen LogP contribution in [-0.4, -0.2) is 21.0 Å². The minimum absolute atomic E-state index is 0. The van der Waals surface area contributed by atoms with Crippen molar-refractivity contribution in [1.82, 2.24) is 13.9 Å². The number of aromatic nitrogens is 3. The van der Waals surface area contributed by atoms with E-state index in [0.29, 0.717) is 6.54 Å². The van der Waals surface area contributed by atoms with E-state index >= 15 is 0 Å². The molecule has 5 nitrogen and oxygen atoms in total. The van der Waals surface area contributed by atoms with E-state index < -0.39 is 0 Å². The number of methoxy groups -OCH3 is 1. The van der Waals surface area contributed by atoms with Crippen molar-refractivity contribution in [2.45, 2.75) is 6.54 Å². The van der Waals surface area contributed by atoms with E-state index in [1.165, 1.54) is 11.5 Å². The molecule has 4 aromatic rings. The van der Waals surface area contributed by atoms with E-state index in [4.69, 9.17) is 9.72 Å². The fourth-order valence-corrected chi connectivity index (χ4v) is 3.53. The lowest BCUT2D eigenvalue weighted by Gasteiger charge is -2.07. The maximum absolute atomic E-state index is 5.27. The van der Waals surface area contributed by atoms with E-state index in [1.54, 1.807) is 13.3 Å². The van der Waals surface area contributed by atoms with Gasteiger partial charge in [-0.15, -0.1) is 34.0 Å². The smallest absolute Gasteiger partial charge is 0.223 e. The quantitative estimate of drug-likeness (QED) is 0.350. The van der Waals surface area contributed by atoms with E-state index in [-0.39, 0.29) is 34.0 Å². The molecule has 0 aliphatic carbocycles. The van der Waals surface area contributed by atoms with Gasteiger partial charge < -0.3 is 4.74 Å². The van der Waals surface area contributed by atoms with Gasteiger partial charge in [-0.1, -0.05) is 36.4 Å². The summed E-state index contributed by atoms with van der Waals surface area (Å²) in [6.45, 7) is 0.554. The van der Waals surface area contributed by atoms with Crippen LogP contribution in [-0.2, 0) is 6.54 Å². The van der Waals surface area contributed by atoms with Crippen molar-refractivity contribution in [2.75, 3.05) is 7.11 Å². The van der Waals surface area contributed by atoms with Crippen LogP contribution in [0.1, 0.15) is 5.56 Å². The first-order valence-electron chi connectivity index (χ1n) is 8.53. The summed E-state index contributed by atoms with van der Waals surface area (Å²) in [7, 11) is 1.67. The Kier molecular flexibility index (Phi) is 8.75. The Balaban J connectivity index is 0.00000150. The molecule has 0 aliphatic rings. The summed E-state index contributed by atoms with van der Waals surface area (Å²) >= 11 is 1.52. The Bertz CT molecular complexity index is 1080.